The first-order valence-electron chi connectivity index (χ1n) is 8.63. The Morgan fingerprint density at radius 1 is 1.24 bits per heavy atom. The maximum Gasteiger partial charge on any atom is 0.338 e. The van der Waals surface area contributed by atoms with Gasteiger partial charge in [0.1, 0.15) is 6.10 Å². The number of aliphatic hydroxyl groups is 1. The molecule has 0 unspecified atom stereocenters. The Balaban J connectivity index is 1.59. The Kier molecular flexibility index (Phi) is 3.58. The minimum atomic E-state index is -0.815. The molecule has 25 heavy (non-hydrogen) atoms. The average molecular weight is 346 g/mol. The summed E-state index contributed by atoms with van der Waals surface area (Å²) in [6.45, 7) is 5.95. The Bertz CT molecular complexity index is 728. The molecule has 2 fully saturated rings. The molecule has 4 aliphatic rings. The predicted molar refractivity (Wildman–Crippen MR) is 86.8 cm³/mol. The van der Waals surface area contributed by atoms with E-state index in [0.29, 0.717) is 11.1 Å². The maximum atomic E-state index is 12.3. The summed E-state index contributed by atoms with van der Waals surface area (Å²) in [5, 5.41) is 10.4. The van der Waals surface area contributed by atoms with Gasteiger partial charge in [0, 0.05) is 17.6 Å². The number of fused-ring (bicyclic) bond motifs is 3. The normalized spacial score (nSPS) is 40.2. The summed E-state index contributed by atoms with van der Waals surface area (Å²) >= 11 is 0. The van der Waals surface area contributed by atoms with Crippen LogP contribution >= 0.6 is 0 Å². The Hall–Kier alpha value is -2.08. The van der Waals surface area contributed by atoms with Gasteiger partial charge in [0.2, 0.25) is 0 Å². The molecular formula is C19H22O6. The zero-order valence-corrected chi connectivity index (χ0v) is 14.5. The molecule has 2 heterocycles. The van der Waals surface area contributed by atoms with E-state index in [0.717, 1.165) is 18.4 Å². The van der Waals surface area contributed by atoms with Crippen LogP contribution in [0.5, 0.6) is 0 Å². The summed E-state index contributed by atoms with van der Waals surface area (Å²) < 4.78 is 16.1. The minimum absolute atomic E-state index is 0.0162. The van der Waals surface area contributed by atoms with Gasteiger partial charge in [-0.25, -0.2) is 9.59 Å². The van der Waals surface area contributed by atoms with Gasteiger partial charge in [0.25, 0.3) is 6.29 Å². The highest BCUT2D eigenvalue weighted by Crippen LogP contribution is 2.55. The molecule has 5 atom stereocenters. The van der Waals surface area contributed by atoms with E-state index in [1.165, 1.54) is 6.26 Å². The smallest absolute Gasteiger partial charge is 0.338 e. The van der Waals surface area contributed by atoms with Gasteiger partial charge in [-0.15, -0.1) is 0 Å². The highest BCUT2D eigenvalue weighted by Gasteiger charge is 2.56. The fourth-order valence-electron chi connectivity index (χ4n) is 4.42. The van der Waals surface area contributed by atoms with Gasteiger partial charge in [0.15, 0.2) is 0 Å². The summed E-state index contributed by atoms with van der Waals surface area (Å²) in [6, 6.07) is 0. The van der Waals surface area contributed by atoms with Crippen molar-refractivity contribution in [1.82, 2.24) is 0 Å². The van der Waals surface area contributed by atoms with Crippen LogP contribution in [0.3, 0.4) is 0 Å². The van der Waals surface area contributed by atoms with Crippen LogP contribution in [0.1, 0.15) is 33.6 Å². The van der Waals surface area contributed by atoms with E-state index in [2.05, 4.69) is 13.8 Å². The Labute approximate surface area is 146 Å². The van der Waals surface area contributed by atoms with Crippen LogP contribution in [0.2, 0.25) is 0 Å². The van der Waals surface area contributed by atoms with Crippen molar-refractivity contribution < 1.29 is 28.9 Å². The van der Waals surface area contributed by atoms with Gasteiger partial charge >= 0.3 is 11.9 Å². The van der Waals surface area contributed by atoms with Crippen LogP contribution in [-0.2, 0) is 23.8 Å². The molecular weight excluding hydrogens is 324 g/mol. The highest BCUT2D eigenvalue weighted by molar-refractivity contribution is 5.92. The number of ether oxygens (including phenoxy) is 3. The fourth-order valence-corrected chi connectivity index (χ4v) is 4.42. The molecule has 0 aromatic rings. The van der Waals surface area contributed by atoms with Crippen LogP contribution in [-0.4, -0.2) is 35.5 Å². The zero-order chi connectivity index (χ0) is 17.9. The number of carbonyl (C=O) groups is 2. The lowest BCUT2D eigenvalue weighted by Gasteiger charge is -2.42. The first kappa shape index (κ1) is 16.4. The summed E-state index contributed by atoms with van der Waals surface area (Å²) in [5.74, 6) is -1.05. The highest BCUT2D eigenvalue weighted by atomic mass is 16.7. The molecule has 1 saturated carbocycles. The van der Waals surface area contributed by atoms with Gasteiger partial charge in [-0.2, -0.15) is 0 Å². The van der Waals surface area contributed by atoms with Crippen molar-refractivity contribution in [2.24, 2.45) is 17.3 Å². The maximum absolute atomic E-state index is 12.3. The van der Waals surface area contributed by atoms with Gasteiger partial charge in [-0.05, 0) is 30.8 Å². The van der Waals surface area contributed by atoms with Gasteiger partial charge in [0.05, 0.1) is 23.9 Å². The van der Waals surface area contributed by atoms with E-state index < -0.39 is 24.3 Å². The molecule has 1 N–H and O–H groups in total. The fraction of sp³-hybridized carbons (Fsp3) is 0.579. The number of carbonyl (C=O) groups excluding carboxylic acids is 2. The predicted octanol–water partition coefficient (Wildman–Crippen LogP) is 1.99. The lowest BCUT2D eigenvalue weighted by Crippen LogP contribution is -2.41. The largest absolute Gasteiger partial charge is 0.458 e. The van der Waals surface area contributed by atoms with Crippen LogP contribution in [0.15, 0.2) is 35.1 Å². The van der Waals surface area contributed by atoms with E-state index >= 15 is 0 Å². The van der Waals surface area contributed by atoms with Crippen LogP contribution < -0.4 is 0 Å². The molecule has 0 aromatic heterocycles. The second-order valence-electron chi connectivity index (χ2n) is 7.92. The van der Waals surface area contributed by atoms with E-state index in [1.807, 2.05) is 6.08 Å². The summed E-state index contributed by atoms with van der Waals surface area (Å²) in [4.78, 5) is 23.7. The Morgan fingerprint density at radius 3 is 2.68 bits per heavy atom. The van der Waals surface area contributed by atoms with Crippen molar-refractivity contribution in [1.29, 1.82) is 0 Å². The topological polar surface area (TPSA) is 82.1 Å². The van der Waals surface area contributed by atoms with Gasteiger partial charge < -0.3 is 19.3 Å². The minimum Gasteiger partial charge on any atom is -0.458 e. The number of rotatable bonds is 2. The monoisotopic (exact) mass is 346 g/mol. The molecule has 0 radical (unpaired) electrons. The van der Waals surface area contributed by atoms with Crippen molar-refractivity contribution in [2.75, 3.05) is 0 Å². The molecule has 2 aliphatic carbocycles. The molecule has 0 amide bonds. The molecule has 6 heteroatoms. The lowest BCUT2D eigenvalue weighted by atomic mass is 9.65. The number of cyclic esters (lactones) is 1. The van der Waals surface area contributed by atoms with E-state index in [1.54, 1.807) is 13.0 Å². The molecule has 0 bridgehead atoms. The molecule has 0 aromatic carbocycles. The lowest BCUT2D eigenvalue weighted by molar-refractivity contribution is -0.152. The molecule has 6 nitrogen and oxygen atoms in total. The third kappa shape index (κ3) is 2.51. The van der Waals surface area contributed by atoms with Crippen molar-refractivity contribution in [3.05, 3.63) is 35.1 Å². The Morgan fingerprint density at radius 2 is 2.00 bits per heavy atom. The third-order valence-electron chi connectivity index (χ3n) is 5.80. The van der Waals surface area contributed by atoms with Crippen molar-refractivity contribution >= 4 is 11.9 Å². The van der Waals surface area contributed by atoms with Crippen molar-refractivity contribution in [3.8, 4) is 0 Å². The first-order chi connectivity index (χ1) is 11.8. The van der Waals surface area contributed by atoms with Crippen molar-refractivity contribution in [3.63, 3.8) is 0 Å². The zero-order valence-electron chi connectivity index (χ0n) is 14.5. The van der Waals surface area contributed by atoms with E-state index in [9.17, 15) is 14.7 Å². The van der Waals surface area contributed by atoms with Crippen LogP contribution in [0.4, 0.5) is 0 Å². The van der Waals surface area contributed by atoms with Crippen LogP contribution in [0.25, 0.3) is 0 Å². The van der Waals surface area contributed by atoms with Gasteiger partial charge in [-0.1, -0.05) is 19.9 Å². The average Bonchev–Trinajstić information content (AvgIpc) is 3.15. The van der Waals surface area contributed by atoms with Crippen LogP contribution in [0, 0.1) is 17.3 Å². The van der Waals surface area contributed by atoms with E-state index in [4.69, 9.17) is 14.2 Å². The van der Waals surface area contributed by atoms with Crippen molar-refractivity contribution in [2.45, 2.75) is 52.1 Å². The summed E-state index contributed by atoms with van der Waals surface area (Å²) in [6.07, 6.45) is 4.88. The number of hydrogen-bond donors (Lipinski definition) is 1. The quantitative estimate of drug-likeness (QED) is 0.356. The number of aliphatic hydroxyl groups excluding tert-OH is 1. The van der Waals surface area contributed by atoms with Gasteiger partial charge in [-0.3, -0.25) is 0 Å². The molecule has 4 rings (SSSR count). The molecule has 134 valence electrons. The van der Waals surface area contributed by atoms with E-state index in [-0.39, 0.29) is 23.4 Å². The third-order valence-corrected chi connectivity index (χ3v) is 5.80. The number of esters is 2. The molecule has 1 saturated heterocycles. The second-order valence-corrected chi connectivity index (χ2v) is 7.92. The standard InChI is InChI=1S/C19H22O6/c1-9-6-14(24-17(9)21)23-8-12-10-7-11-13(20)4-5-19(2,3)15(11)16(10)25-18(12)22/h6-8,10,13-16,20H,4-5H2,1-3H3/b12-8+/t10-,13+,14-,15-,16+/m0/s1. The molecule has 0 spiro atoms. The second kappa shape index (κ2) is 5.46. The number of hydrogen-bond acceptors (Lipinski definition) is 6. The molecule has 2 aliphatic heterocycles. The SMILES string of the molecule is CC1=C[C@@H](O/C=C2/C(=O)O[C@@H]3[C@H]2C=C2[C@H](O)CCC(C)(C)[C@@H]23)OC1=O. The summed E-state index contributed by atoms with van der Waals surface area (Å²) in [5.41, 5.74) is 1.81. The summed E-state index contributed by atoms with van der Waals surface area (Å²) in [7, 11) is 0. The first-order valence-corrected chi connectivity index (χ1v) is 8.63.